The topological polar surface area (TPSA) is 35.2 Å². The molecule has 0 saturated heterocycles. The molecule has 0 bridgehead atoms. The summed E-state index contributed by atoms with van der Waals surface area (Å²) in [6.45, 7) is 5.18. The molecule has 1 unspecified atom stereocenters. The van der Waals surface area contributed by atoms with Crippen LogP contribution in [-0.2, 0) is 0 Å². The van der Waals surface area contributed by atoms with Crippen molar-refractivity contribution in [2.75, 3.05) is 6.61 Å². The van der Waals surface area contributed by atoms with Crippen LogP contribution in [0.4, 0.5) is 0 Å². The predicted molar refractivity (Wildman–Crippen MR) is 91.8 cm³/mol. The van der Waals surface area contributed by atoms with Gasteiger partial charge in [0.1, 0.15) is 5.75 Å². The Bertz CT molecular complexity index is 364. The molecule has 2 heteroatoms. The third-order valence-electron chi connectivity index (χ3n) is 4.01. The molecule has 0 aliphatic heterocycles. The number of benzene rings is 1. The van der Waals surface area contributed by atoms with Gasteiger partial charge < -0.3 is 10.5 Å². The lowest BCUT2D eigenvalue weighted by Gasteiger charge is -2.15. The number of unbranched alkanes of at least 4 members (excludes halogenated alkanes) is 7. The highest BCUT2D eigenvalue weighted by Gasteiger charge is 2.09. The summed E-state index contributed by atoms with van der Waals surface area (Å²) in [7, 11) is 0. The highest BCUT2D eigenvalue weighted by molar-refractivity contribution is 5.35. The zero-order valence-corrected chi connectivity index (χ0v) is 13.9. The fourth-order valence-electron chi connectivity index (χ4n) is 2.56. The standard InChI is InChI=1S/C19H33NO/c1-3-5-6-7-8-9-10-13-16-21-19-15-12-11-14-17(19)18(20)4-2/h11-12,14-15,18H,3-10,13,16,20H2,1-2H3. The van der Waals surface area contributed by atoms with Crippen molar-refractivity contribution >= 4 is 0 Å². The van der Waals surface area contributed by atoms with Gasteiger partial charge in [-0.2, -0.15) is 0 Å². The minimum absolute atomic E-state index is 0.0831. The normalized spacial score (nSPS) is 12.3. The predicted octanol–water partition coefficient (Wildman–Crippen LogP) is 5.62. The lowest BCUT2D eigenvalue weighted by atomic mass is 10.0. The molecule has 21 heavy (non-hydrogen) atoms. The van der Waals surface area contributed by atoms with Gasteiger partial charge >= 0.3 is 0 Å². The summed E-state index contributed by atoms with van der Waals surface area (Å²) in [5.41, 5.74) is 7.26. The maximum absolute atomic E-state index is 6.12. The smallest absolute Gasteiger partial charge is 0.124 e. The summed E-state index contributed by atoms with van der Waals surface area (Å²) in [6, 6.07) is 8.26. The Hall–Kier alpha value is -1.02. The molecule has 0 saturated carbocycles. The van der Waals surface area contributed by atoms with Gasteiger partial charge in [-0.1, -0.05) is 77.0 Å². The van der Waals surface area contributed by atoms with Gasteiger partial charge in [0.15, 0.2) is 0 Å². The Morgan fingerprint density at radius 3 is 2.19 bits per heavy atom. The Morgan fingerprint density at radius 2 is 1.52 bits per heavy atom. The molecule has 0 aliphatic carbocycles. The second kappa shape index (κ2) is 11.6. The van der Waals surface area contributed by atoms with Gasteiger partial charge in [0.2, 0.25) is 0 Å². The maximum atomic E-state index is 6.12. The highest BCUT2D eigenvalue weighted by Crippen LogP contribution is 2.25. The molecule has 1 atom stereocenters. The monoisotopic (exact) mass is 291 g/mol. The number of nitrogens with two attached hydrogens (primary N) is 1. The lowest BCUT2D eigenvalue weighted by molar-refractivity contribution is 0.299. The van der Waals surface area contributed by atoms with Crippen molar-refractivity contribution in [1.82, 2.24) is 0 Å². The van der Waals surface area contributed by atoms with E-state index in [1.54, 1.807) is 0 Å². The molecular formula is C19H33NO. The van der Waals surface area contributed by atoms with Gasteiger partial charge in [-0.05, 0) is 18.9 Å². The molecule has 1 rings (SSSR count). The van der Waals surface area contributed by atoms with Crippen molar-refractivity contribution in [3.63, 3.8) is 0 Å². The molecule has 1 aromatic carbocycles. The molecule has 0 amide bonds. The third-order valence-corrected chi connectivity index (χ3v) is 4.01. The number of para-hydroxylation sites is 1. The summed E-state index contributed by atoms with van der Waals surface area (Å²) in [4.78, 5) is 0. The Kier molecular flexibility index (Phi) is 9.98. The van der Waals surface area contributed by atoms with Crippen LogP contribution in [0.3, 0.4) is 0 Å². The van der Waals surface area contributed by atoms with Gasteiger partial charge in [0, 0.05) is 11.6 Å². The molecular weight excluding hydrogens is 258 g/mol. The van der Waals surface area contributed by atoms with Crippen molar-refractivity contribution in [2.24, 2.45) is 5.73 Å². The van der Waals surface area contributed by atoms with E-state index in [1.165, 1.54) is 44.9 Å². The molecule has 0 heterocycles. The van der Waals surface area contributed by atoms with Gasteiger partial charge in [0.05, 0.1) is 6.61 Å². The summed E-state index contributed by atoms with van der Waals surface area (Å²) < 4.78 is 5.93. The number of rotatable bonds is 12. The average Bonchev–Trinajstić information content (AvgIpc) is 2.53. The molecule has 0 spiro atoms. The van der Waals surface area contributed by atoms with Crippen LogP contribution in [0.25, 0.3) is 0 Å². The first-order valence-corrected chi connectivity index (χ1v) is 8.76. The van der Waals surface area contributed by atoms with Crippen LogP contribution in [-0.4, -0.2) is 6.61 Å². The van der Waals surface area contributed by atoms with Crippen molar-refractivity contribution in [1.29, 1.82) is 0 Å². The first-order chi connectivity index (χ1) is 10.3. The zero-order chi connectivity index (χ0) is 15.3. The summed E-state index contributed by atoms with van der Waals surface area (Å²) in [5, 5.41) is 0. The van der Waals surface area contributed by atoms with E-state index in [-0.39, 0.29) is 6.04 Å². The zero-order valence-electron chi connectivity index (χ0n) is 13.9. The molecule has 0 aromatic heterocycles. The van der Waals surface area contributed by atoms with Gasteiger partial charge in [-0.15, -0.1) is 0 Å². The van der Waals surface area contributed by atoms with E-state index in [0.717, 1.165) is 30.8 Å². The van der Waals surface area contributed by atoms with E-state index in [1.807, 2.05) is 18.2 Å². The van der Waals surface area contributed by atoms with E-state index in [9.17, 15) is 0 Å². The summed E-state index contributed by atoms with van der Waals surface area (Å²) >= 11 is 0. The molecule has 0 fully saturated rings. The Labute approximate surface area is 131 Å². The van der Waals surface area contributed by atoms with Crippen LogP contribution in [0.5, 0.6) is 5.75 Å². The quantitative estimate of drug-likeness (QED) is 0.507. The second-order valence-electron chi connectivity index (χ2n) is 5.88. The first kappa shape index (κ1) is 18.0. The average molecular weight is 291 g/mol. The van der Waals surface area contributed by atoms with E-state index < -0.39 is 0 Å². The van der Waals surface area contributed by atoms with Crippen LogP contribution < -0.4 is 10.5 Å². The molecule has 1 aromatic rings. The van der Waals surface area contributed by atoms with Crippen LogP contribution in [0.2, 0.25) is 0 Å². The summed E-state index contributed by atoms with van der Waals surface area (Å²) in [6.07, 6.45) is 11.6. The lowest BCUT2D eigenvalue weighted by Crippen LogP contribution is -2.11. The molecule has 0 aliphatic rings. The molecule has 0 radical (unpaired) electrons. The van der Waals surface area contributed by atoms with Gasteiger partial charge in [-0.25, -0.2) is 0 Å². The third kappa shape index (κ3) is 7.52. The minimum Gasteiger partial charge on any atom is -0.493 e. The van der Waals surface area contributed by atoms with Gasteiger partial charge in [0.25, 0.3) is 0 Å². The summed E-state index contributed by atoms with van der Waals surface area (Å²) in [5.74, 6) is 0.967. The van der Waals surface area contributed by atoms with E-state index >= 15 is 0 Å². The Balaban J connectivity index is 2.15. The van der Waals surface area contributed by atoms with E-state index in [4.69, 9.17) is 10.5 Å². The number of hydrogen-bond acceptors (Lipinski definition) is 2. The Morgan fingerprint density at radius 1 is 0.905 bits per heavy atom. The van der Waals surface area contributed by atoms with E-state index in [2.05, 4.69) is 19.9 Å². The fraction of sp³-hybridized carbons (Fsp3) is 0.684. The van der Waals surface area contributed by atoms with Crippen LogP contribution in [0.15, 0.2) is 24.3 Å². The number of ether oxygens (including phenoxy) is 1. The first-order valence-electron chi connectivity index (χ1n) is 8.76. The fourth-order valence-corrected chi connectivity index (χ4v) is 2.56. The van der Waals surface area contributed by atoms with Crippen LogP contribution >= 0.6 is 0 Å². The van der Waals surface area contributed by atoms with E-state index in [0.29, 0.717) is 0 Å². The van der Waals surface area contributed by atoms with Crippen molar-refractivity contribution in [3.05, 3.63) is 29.8 Å². The molecule has 2 nitrogen and oxygen atoms in total. The SMILES string of the molecule is CCCCCCCCCCOc1ccccc1C(N)CC. The molecule has 2 N–H and O–H groups in total. The van der Waals surface area contributed by atoms with Crippen molar-refractivity contribution in [2.45, 2.75) is 77.7 Å². The van der Waals surface area contributed by atoms with Crippen molar-refractivity contribution in [3.8, 4) is 5.75 Å². The van der Waals surface area contributed by atoms with Gasteiger partial charge in [-0.3, -0.25) is 0 Å². The largest absolute Gasteiger partial charge is 0.493 e. The maximum Gasteiger partial charge on any atom is 0.124 e. The highest BCUT2D eigenvalue weighted by atomic mass is 16.5. The number of hydrogen-bond donors (Lipinski definition) is 1. The van der Waals surface area contributed by atoms with Crippen LogP contribution in [0, 0.1) is 0 Å². The van der Waals surface area contributed by atoms with Crippen LogP contribution in [0.1, 0.15) is 83.2 Å². The minimum atomic E-state index is 0.0831. The van der Waals surface area contributed by atoms with Crippen molar-refractivity contribution < 1.29 is 4.74 Å². The second-order valence-corrected chi connectivity index (χ2v) is 5.88. The molecule has 120 valence electrons.